The third-order valence-corrected chi connectivity index (χ3v) is 5.41. The fraction of sp³-hybridized carbons (Fsp3) is 0.280. The summed E-state index contributed by atoms with van der Waals surface area (Å²) in [4.78, 5) is 24.3. The lowest BCUT2D eigenvalue weighted by Gasteiger charge is -2.24. The quantitative estimate of drug-likeness (QED) is 0.299. The number of carboxylic acid groups (broad SMARTS) is 1. The standard InChI is InChI=1S/C23H26FN7.C2HF3O2/c1-3-11-30(12-9-25)21-7-4-17(14-18(21)24)31-15(2)28-20-6-5-19(29-23(20)31)16-8-10-27-22(26)13-16;3-2(4,5)1(6)7/h4-8,10,13-14H,3,9,11-12,25H2,1-2H3,(H2,26,27);(H,6,7). The predicted molar refractivity (Wildman–Crippen MR) is 136 cm³/mol. The molecular weight excluding hydrogens is 506 g/mol. The van der Waals surface area contributed by atoms with E-state index in [1.54, 1.807) is 18.3 Å². The van der Waals surface area contributed by atoms with E-state index >= 15 is 4.39 Å². The van der Waals surface area contributed by atoms with Crippen LogP contribution in [0.4, 0.5) is 29.1 Å². The number of carboxylic acids is 1. The minimum atomic E-state index is -5.08. The Hall–Kier alpha value is -4.26. The number of halogens is 4. The first-order valence-corrected chi connectivity index (χ1v) is 11.6. The van der Waals surface area contributed by atoms with Crippen LogP contribution in [0.1, 0.15) is 19.2 Å². The molecule has 0 aliphatic carbocycles. The van der Waals surface area contributed by atoms with Crippen LogP contribution in [0.25, 0.3) is 28.1 Å². The van der Waals surface area contributed by atoms with E-state index in [2.05, 4.69) is 16.9 Å². The summed E-state index contributed by atoms with van der Waals surface area (Å²) in [5.74, 6) is -1.89. The average molecular weight is 534 g/mol. The Morgan fingerprint density at radius 3 is 2.39 bits per heavy atom. The van der Waals surface area contributed by atoms with E-state index < -0.39 is 12.1 Å². The molecule has 0 bridgehead atoms. The number of aryl methyl sites for hydroxylation is 1. The second kappa shape index (κ2) is 11.9. The summed E-state index contributed by atoms with van der Waals surface area (Å²) in [5, 5.41) is 7.12. The van der Waals surface area contributed by atoms with Crippen molar-refractivity contribution in [2.45, 2.75) is 26.4 Å². The van der Waals surface area contributed by atoms with Crippen LogP contribution in [0, 0.1) is 12.7 Å². The SMILES string of the molecule is CCCN(CCN)c1ccc(-n2c(C)nc3ccc(-c4ccnc(N)c4)nc32)cc1F.O=C(O)C(F)(F)F. The van der Waals surface area contributed by atoms with Crippen molar-refractivity contribution in [2.75, 3.05) is 30.3 Å². The Morgan fingerprint density at radius 2 is 1.82 bits per heavy atom. The summed E-state index contributed by atoms with van der Waals surface area (Å²) in [7, 11) is 0. The highest BCUT2D eigenvalue weighted by molar-refractivity contribution is 5.78. The number of nitrogens with two attached hydrogens (primary N) is 2. The molecule has 13 heteroatoms. The third-order valence-electron chi connectivity index (χ3n) is 5.41. The van der Waals surface area contributed by atoms with Crippen LogP contribution in [-0.4, -0.2) is 56.4 Å². The van der Waals surface area contributed by atoms with Crippen LogP contribution in [0.3, 0.4) is 0 Å². The van der Waals surface area contributed by atoms with Crippen molar-refractivity contribution in [1.29, 1.82) is 0 Å². The molecule has 0 amide bonds. The molecule has 0 saturated heterocycles. The molecule has 1 aromatic carbocycles. The van der Waals surface area contributed by atoms with Gasteiger partial charge >= 0.3 is 12.1 Å². The molecular formula is C25H27F4N7O2. The molecule has 0 unspecified atom stereocenters. The van der Waals surface area contributed by atoms with Crippen LogP contribution in [0.2, 0.25) is 0 Å². The topological polar surface area (TPSA) is 136 Å². The molecule has 5 N–H and O–H groups in total. The second-order valence-corrected chi connectivity index (χ2v) is 8.22. The number of fused-ring (bicyclic) bond motifs is 1. The smallest absolute Gasteiger partial charge is 0.475 e. The maximum absolute atomic E-state index is 15.1. The fourth-order valence-corrected chi connectivity index (χ4v) is 3.82. The number of nitrogen functional groups attached to an aromatic ring is 1. The number of benzene rings is 1. The summed E-state index contributed by atoms with van der Waals surface area (Å²) in [6, 6.07) is 12.7. The van der Waals surface area contributed by atoms with Crippen LogP contribution >= 0.6 is 0 Å². The zero-order valence-corrected chi connectivity index (χ0v) is 20.7. The number of nitrogens with zero attached hydrogens (tertiary/aromatic N) is 5. The summed E-state index contributed by atoms with van der Waals surface area (Å²) < 4.78 is 48.7. The first-order valence-electron chi connectivity index (χ1n) is 11.6. The van der Waals surface area contributed by atoms with Gasteiger partial charge in [-0.1, -0.05) is 6.92 Å². The average Bonchev–Trinajstić information content (AvgIpc) is 3.18. The number of imidazole rings is 1. The Kier molecular flexibility index (Phi) is 8.84. The van der Waals surface area contributed by atoms with E-state index in [0.717, 1.165) is 35.6 Å². The molecule has 38 heavy (non-hydrogen) atoms. The Bertz CT molecular complexity index is 1420. The van der Waals surface area contributed by atoms with Gasteiger partial charge in [0.1, 0.15) is 23.0 Å². The van der Waals surface area contributed by atoms with Crippen LogP contribution in [0.5, 0.6) is 0 Å². The molecule has 202 valence electrons. The van der Waals surface area contributed by atoms with Gasteiger partial charge in [0, 0.05) is 37.5 Å². The van der Waals surface area contributed by atoms with Gasteiger partial charge in [-0.3, -0.25) is 4.57 Å². The van der Waals surface area contributed by atoms with Crippen molar-refractivity contribution in [1.82, 2.24) is 19.5 Å². The second-order valence-electron chi connectivity index (χ2n) is 8.22. The van der Waals surface area contributed by atoms with Crippen molar-refractivity contribution in [3.05, 3.63) is 60.3 Å². The maximum Gasteiger partial charge on any atom is 0.490 e. The van der Waals surface area contributed by atoms with Crippen LogP contribution in [-0.2, 0) is 4.79 Å². The highest BCUT2D eigenvalue weighted by atomic mass is 19.4. The maximum atomic E-state index is 15.1. The Morgan fingerprint density at radius 1 is 1.11 bits per heavy atom. The molecule has 3 heterocycles. The van der Waals surface area contributed by atoms with Gasteiger partial charge in [-0.2, -0.15) is 13.2 Å². The lowest BCUT2D eigenvalue weighted by molar-refractivity contribution is -0.192. The highest BCUT2D eigenvalue weighted by Gasteiger charge is 2.38. The van der Waals surface area contributed by atoms with Gasteiger partial charge in [0.15, 0.2) is 5.65 Å². The Balaban J connectivity index is 0.000000505. The van der Waals surface area contributed by atoms with E-state index in [-0.39, 0.29) is 5.82 Å². The van der Waals surface area contributed by atoms with Gasteiger partial charge in [0.2, 0.25) is 0 Å². The molecule has 0 fully saturated rings. The number of carbonyl (C=O) groups is 1. The molecule has 0 aliphatic heterocycles. The van der Waals surface area contributed by atoms with Gasteiger partial charge in [0.05, 0.1) is 17.1 Å². The molecule has 4 aromatic rings. The fourth-order valence-electron chi connectivity index (χ4n) is 3.82. The summed E-state index contributed by atoms with van der Waals surface area (Å²) in [6.07, 6.45) is -2.52. The largest absolute Gasteiger partial charge is 0.490 e. The molecule has 0 spiro atoms. The number of anilines is 2. The van der Waals surface area contributed by atoms with Crippen LogP contribution < -0.4 is 16.4 Å². The third kappa shape index (κ3) is 6.54. The number of hydrogen-bond donors (Lipinski definition) is 3. The number of alkyl halides is 3. The molecule has 0 aliphatic rings. The van der Waals surface area contributed by atoms with E-state index in [0.29, 0.717) is 35.9 Å². The summed E-state index contributed by atoms with van der Waals surface area (Å²) in [6.45, 7) is 5.78. The first kappa shape index (κ1) is 28.3. The Labute approximate surface area is 215 Å². The molecule has 3 aromatic heterocycles. The van der Waals surface area contributed by atoms with E-state index in [9.17, 15) is 13.2 Å². The number of aliphatic carboxylic acids is 1. The summed E-state index contributed by atoms with van der Waals surface area (Å²) >= 11 is 0. The lowest BCUT2D eigenvalue weighted by atomic mass is 10.1. The zero-order chi connectivity index (χ0) is 28.0. The van der Waals surface area contributed by atoms with E-state index in [1.165, 1.54) is 6.07 Å². The summed E-state index contributed by atoms with van der Waals surface area (Å²) in [5.41, 5.74) is 15.8. The molecule has 0 saturated carbocycles. The van der Waals surface area contributed by atoms with E-state index in [1.807, 2.05) is 40.7 Å². The van der Waals surface area contributed by atoms with Gasteiger partial charge < -0.3 is 21.5 Å². The van der Waals surface area contributed by atoms with Gasteiger partial charge in [-0.05, 0) is 49.7 Å². The number of pyridine rings is 2. The normalized spacial score (nSPS) is 11.2. The van der Waals surface area contributed by atoms with Crippen molar-refractivity contribution >= 4 is 28.6 Å². The van der Waals surface area contributed by atoms with Crippen molar-refractivity contribution in [3.63, 3.8) is 0 Å². The van der Waals surface area contributed by atoms with Gasteiger partial charge in [-0.15, -0.1) is 0 Å². The van der Waals surface area contributed by atoms with Crippen molar-refractivity contribution in [3.8, 4) is 16.9 Å². The molecule has 4 rings (SSSR count). The molecule has 0 atom stereocenters. The minimum absolute atomic E-state index is 0.293. The molecule has 9 nitrogen and oxygen atoms in total. The number of aromatic nitrogens is 4. The minimum Gasteiger partial charge on any atom is -0.475 e. The zero-order valence-electron chi connectivity index (χ0n) is 20.7. The van der Waals surface area contributed by atoms with Gasteiger partial charge in [0.25, 0.3) is 0 Å². The number of rotatable bonds is 7. The number of hydrogen-bond acceptors (Lipinski definition) is 7. The van der Waals surface area contributed by atoms with Gasteiger partial charge in [-0.25, -0.2) is 24.1 Å². The molecule has 0 radical (unpaired) electrons. The first-order chi connectivity index (χ1) is 18.0. The highest BCUT2D eigenvalue weighted by Crippen LogP contribution is 2.28. The van der Waals surface area contributed by atoms with E-state index in [4.69, 9.17) is 26.4 Å². The lowest BCUT2D eigenvalue weighted by Crippen LogP contribution is -2.30. The monoisotopic (exact) mass is 533 g/mol. The predicted octanol–water partition coefficient (Wildman–Crippen LogP) is 4.32. The van der Waals surface area contributed by atoms with Crippen molar-refractivity contribution in [2.24, 2.45) is 5.73 Å². The van der Waals surface area contributed by atoms with Crippen LogP contribution in [0.15, 0.2) is 48.7 Å². The van der Waals surface area contributed by atoms with Crippen molar-refractivity contribution < 1.29 is 27.5 Å².